The van der Waals surface area contributed by atoms with Gasteiger partial charge >= 0.3 is 0 Å². The maximum Gasteiger partial charge on any atom is 0.164 e. The standard InChI is InChI=1S/C43H27N3O2/c1-2-11-26(12-3-1)41-44-42(27-23-24-32-31-13-4-6-20-36(31)48-39(32)25-27)46-43(45-41)34-19-9-15-28-29(16-8-17-30(28)34)33-18-10-22-38-40(33)35-14-5-7-21-37(35)47-38/h1-25,32,39H. The molecule has 5 heteroatoms. The molecule has 0 spiro atoms. The molecule has 6 aromatic carbocycles. The van der Waals surface area contributed by atoms with E-state index >= 15 is 0 Å². The van der Waals surface area contributed by atoms with Crippen molar-refractivity contribution in [2.24, 2.45) is 0 Å². The molecule has 2 aliphatic rings. The van der Waals surface area contributed by atoms with E-state index in [2.05, 4.69) is 91.0 Å². The Balaban J connectivity index is 1.15. The van der Waals surface area contributed by atoms with Crippen LogP contribution in [0, 0.1) is 0 Å². The van der Waals surface area contributed by atoms with Crippen molar-refractivity contribution < 1.29 is 9.15 Å². The van der Waals surface area contributed by atoms with Crippen LogP contribution in [0.1, 0.15) is 17.3 Å². The smallest absolute Gasteiger partial charge is 0.164 e. The summed E-state index contributed by atoms with van der Waals surface area (Å²) in [6.45, 7) is 0. The number of benzene rings is 6. The van der Waals surface area contributed by atoms with Gasteiger partial charge in [0.25, 0.3) is 0 Å². The number of hydrogen-bond acceptors (Lipinski definition) is 5. The SMILES string of the molecule is C1=CC2c3ccccc3OC2C=C1c1nc(-c2ccccc2)nc(-c2cccc3c(-c4cccc5oc6ccccc6c45)cccc23)n1. The van der Waals surface area contributed by atoms with Crippen LogP contribution in [0.5, 0.6) is 5.75 Å². The Morgan fingerprint density at radius 2 is 1.17 bits per heavy atom. The van der Waals surface area contributed by atoms with Crippen LogP contribution in [0.4, 0.5) is 0 Å². The zero-order chi connectivity index (χ0) is 31.6. The summed E-state index contributed by atoms with van der Waals surface area (Å²) < 4.78 is 12.6. The molecule has 0 amide bonds. The topological polar surface area (TPSA) is 61.0 Å². The Morgan fingerprint density at radius 3 is 2.08 bits per heavy atom. The van der Waals surface area contributed by atoms with E-state index in [9.17, 15) is 0 Å². The van der Waals surface area contributed by atoms with Crippen molar-refractivity contribution in [1.29, 1.82) is 0 Å². The average molecular weight is 618 g/mol. The van der Waals surface area contributed by atoms with Crippen molar-refractivity contribution in [3.05, 3.63) is 163 Å². The monoisotopic (exact) mass is 617 g/mol. The number of ether oxygens (including phenoxy) is 1. The van der Waals surface area contributed by atoms with E-state index in [1.807, 2.05) is 60.7 Å². The molecule has 0 saturated carbocycles. The maximum atomic E-state index is 6.35. The zero-order valence-electron chi connectivity index (χ0n) is 25.7. The first-order valence-corrected chi connectivity index (χ1v) is 16.2. The molecular formula is C43H27N3O2. The number of nitrogens with zero attached hydrogens (tertiary/aromatic N) is 3. The lowest BCUT2D eigenvalue weighted by atomic mass is 9.89. The van der Waals surface area contributed by atoms with Gasteiger partial charge in [0.05, 0.1) is 0 Å². The number of allylic oxidation sites excluding steroid dienone is 2. The predicted molar refractivity (Wildman–Crippen MR) is 192 cm³/mol. The van der Waals surface area contributed by atoms with Crippen molar-refractivity contribution in [2.45, 2.75) is 12.0 Å². The van der Waals surface area contributed by atoms with Crippen LogP contribution in [0.25, 0.3) is 72.2 Å². The molecule has 0 fully saturated rings. The molecule has 3 heterocycles. The fraction of sp³-hybridized carbons (Fsp3) is 0.0465. The fourth-order valence-electron chi connectivity index (χ4n) is 7.28. The van der Waals surface area contributed by atoms with Crippen molar-refractivity contribution >= 4 is 38.3 Å². The highest BCUT2D eigenvalue weighted by Gasteiger charge is 2.33. The van der Waals surface area contributed by atoms with E-state index in [4.69, 9.17) is 24.1 Å². The van der Waals surface area contributed by atoms with Crippen LogP contribution in [0.2, 0.25) is 0 Å². The third kappa shape index (κ3) is 4.21. The molecule has 8 aromatic rings. The molecule has 1 aliphatic heterocycles. The Morgan fingerprint density at radius 1 is 0.500 bits per heavy atom. The van der Waals surface area contributed by atoms with Crippen LogP contribution in [0.3, 0.4) is 0 Å². The summed E-state index contributed by atoms with van der Waals surface area (Å²) in [5.74, 6) is 2.98. The first-order chi connectivity index (χ1) is 23.8. The minimum absolute atomic E-state index is 0.107. The number of para-hydroxylation sites is 2. The summed E-state index contributed by atoms with van der Waals surface area (Å²) in [5.41, 5.74) is 8.03. The van der Waals surface area contributed by atoms with E-state index in [-0.39, 0.29) is 12.0 Å². The summed E-state index contributed by atoms with van der Waals surface area (Å²) in [6.07, 6.45) is 6.37. The van der Waals surface area contributed by atoms with Gasteiger partial charge in [-0.15, -0.1) is 0 Å². The highest BCUT2D eigenvalue weighted by atomic mass is 16.5. The Labute approximate surface area is 276 Å². The largest absolute Gasteiger partial charge is 0.485 e. The van der Waals surface area contributed by atoms with Gasteiger partial charge < -0.3 is 9.15 Å². The molecule has 2 unspecified atom stereocenters. The molecule has 5 nitrogen and oxygen atoms in total. The Kier molecular flexibility index (Phi) is 5.93. The van der Waals surface area contributed by atoms with Gasteiger partial charge in [-0.05, 0) is 46.2 Å². The molecule has 0 saturated heterocycles. The van der Waals surface area contributed by atoms with E-state index in [0.29, 0.717) is 17.5 Å². The van der Waals surface area contributed by atoms with Crippen molar-refractivity contribution in [1.82, 2.24) is 15.0 Å². The highest BCUT2D eigenvalue weighted by molar-refractivity contribution is 6.16. The number of hydrogen-bond donors (Lipinski definition) is 0. The quantitative estimate of drug-likeness (QED) is 0.197. The van der Waals surface area contributed by atoms with E-state index < -0.39 is 0 Å². The Bertz CT molecular complexity index is 2620. The Hall–Kier alpha value is -6.33. The van der Waals surface area contributed by atoms with Gasteiger partial charge in [-0.25, -0.2) is 15.0 Å². The normalized spacial score (nSPS) is 16.5. The van der Waals surface area contributed by atoms with Gasteiger partial charge in [0.1, 0.15) is 23.0 Å². The van der Waals surface area contributed by atoms with Crippen LogP contribution in [-0.4, -0.2) is 21.1 Å². The molecule has 1 aliphatic carbocycles. The van der Waals surface area contributed by atoms with Gasteiger partial charge in [0.2, 0.25) is 0 Å². The van der Waals surface area contributed by atoms with E-state index in [1.54, 1.807) is 0 Å². The minimum Gasteiger partial charge on any atom is -0.485 e. The molecule has 0 N–H and O–H groups in total. The van der Waals surface area contributed by atoms with Crippen molar-refractivity contribution in [3.8, 4) is 39.7 Å². The fourth-order valence-corrected chi connectivity index (χ4v) is 7.28. The molecule has 0 radical (unpaired) electrons. The van der Waals surface area contributed by atoms with E-state index in [1.165, 1.54) is 5.56 Å². The van der Waals surface area contributed by atoms with Crippen molar-refractivity contribution in [3.63, 3.8) is 0 Å². The summed E-state index contributed by atoms with van der Waals surface area (Å²) in [4.78, 5) is 15.2. The third-order valence-corrected chi connectivity index (χ3v) is 9.50. The van der Waals surface area contributed by atoms with Crippen LogP contribution in [0.15, 0.2) is 156 Å². The van der Waals surface area contributed by atoms with Crippen LogP contribution < -0.4 is 4.74 Å². The average Bonchev–Trinajstić information content (AvgIpc) is 3.73. The number of aromatic nitrogens is 3. The first-order valence-electron chi connectivity index (χ1n) is 16.2. The van der Waals surface area contributed by atoms with Gasteiger partial charge in [-0.3, -0.25) is 0 Å². The van der Waals surface area contributed by atoms with E-state index in [0.717, 1.165) is 66.3 Å². The van der Waals surface area contributed by atoms with Gasteiger partial charge in [-0.1, -0.05) is 127 Å². The zero-order valence-corrected chi connectivity index (χ0v) is 25.7. The minimum atomic E-state index is -0.107. The first kappa shape index (κ1) is 26.8. The number of fused-ring (bicyclic) bond motifs is 7. The molecule has 2 atom stereocenters. The summed E-state index contributed by atoms with van der Waals surface area (Å²) in [7, 11) is 0. The molecule has 48 heavy (non-hydrogen) atoms. The predicted octanol–water partition coefficient (Wildman–Crippen LogP) is 10.4. The second-order valence-electron chi connectivity index (χ2n) is 12.3. The molecular weight excluding hydrogens is 590 g/mol. The van der Waals surface area contributed by atoms with Crippen molar-refractivity contribution in [2.75, 3.05) is 0 Å². The van der Waals surface area contributed by atoms with Crippen LogP contribution >= 0.6 is 0 Å². The lowest BCUT2D eigenvalue weighted by Gasteiger charge is -2.18. The summed E-state index contributed by atoms with van der Waals surface area (Å²) in [6, 6.07) is 45.7. The third-order valence-electron chi connectivity index (χ3n) is 9.50. The number of furan rings is 1. The summed E-state index contributed by atoms with van der Waals surface area (Å²) >= 11 is 0. The lowest BCUT2D eigenvalue weighted by Crippen LogP contribution is -2.18. The number of rotatable bonds is 4. The maximum absolute atomic E-state index is 6.35. The van der Waals surface area contributed by atoms with Gasteiger partial charge in [0, 0.05) is 39.0 Å². The lowest BCUT2D eigenvalue weighted by molar-refractivity contribution is 0.269. The van der Waals surface area contributed by atoms with Crippen LogP contribution in [-0.2, 0) is 0 Å². The molecule has 10 rings (SSSR count). The molecule has 226 valence electrons. The highest BCUT2D eigenvalue weighted by Crippen LogP contribution is 2.44. The summed E-state index contributed by atoms with van der Waals surface area (Å²) in [5, 5.41) is 4.41. The van der Waals surface area contributed by atoms with Gasteiger partial charge in [-0.2, -0.15) is 0 Å². The second-order valence-corrected chi connectivity index (χ2v) is 12.3. The molecule has 2 aromatic heterocycles. The second kappa shape index (κ2) is 10.6. The molecule has 0 bridgehead atoms. The van der Waals surface area contributed by atoms with Gasteiger partial charge in [0.15, 0.2) is 17.5 Å².